The second-order valence-electron chi connectivity index (χ2n) is 5.25. The van der Waals surface area contributed by atoms with Crippen LogP contribution in [0.1, 0.15) is 19.3 Å². The molecule has 1 aliphatic rings. The molecule has 2 rings (SSSR count). The predicted octanol–water partition coefficient (Wildman–Crippen LogP) is 1.74. The molecule has 1 saturated carbocycles. The van der Waals surface area contributed by atoms with E-state index in [-0.39, 0.29) is 11.7 Å². The van der Waals surface area contributed by atoms with Gasteiger partial charge >= 0.3 is 0 Å². The van der Waals surface area contributed by atoms with Crippen LogP contribution in [0, 0.1) is 11.7 Å². The molecule has 0 radical (unpaired) electrons. The van der Waals surface area contributed by atoms with Gasteiger partial charge in [-0.05, 0) is 43.5 Å². The molecule has 0 saturated heterocycles. The second-order valence-corrected chi connectivity index (χ2v) is 6.99. The first-order valence-corrected chi connectivity index (χ1v) is 8.52. The first kappa shape index (κ1) is 15.1. The number of nitrogens with two attached hydrogens (primary N) is 1. The molecular formula is C13H20FN3O2S. The standard InChI is InChI=1S/C13H20FN3O2S/c1-20(18,19)17-13-7-10(5-6-11(13)14)16-12-4-2-3-9(12)8-15/h5-7,9,12,16-17H,2-4,8,15H2,1H3. The van der Waals surface area contributed by atoms with Gasteiger partial charge in [-0.1, -0.05) is 6.42 Å². The molecule has 1 aromatic rings. The van der Waals surface area contributed by atoms with E-state index in [1.165, 1.54) is 12.1 Å². The minimum Gasteiger partial charge on any atom is -0.382 e. The number of nitrogens with one attached hydrogen (secondary N) is 2. The van der Waals surface area contributed by atoms with Crippen LogP contribution in [0.15, 0.2) is 18.2 Å². The molecule has 2 unspecified atom stereocenters. The van der Waals surface area contributed by atoms with Gasteiger partial charge in [-0.2, -0.15) is 0 Å². The first-order valence-electron chi connectivity index (χ1n) is 6.63. The van der Waals surface area contributed by atoms with Crippen molar-refractivity contribution in [1.29, 1.82) is 0 Å². The normalized spacial score (nSPS) is 22.8. The van der Waals surface area contributed by atoms with Gasteiger partial charge in [0.05, 0.1) is 11.9 Å². The fourth-order valence-corrected chi connectivity index (χ4v) is 3.17. The minimum atomic E-state index is -3.50. The molecule has 0 heterocycles. The lowest BCUT2D eigenvalue weighted by molar-refractivity contribution is 0.516. The van der Waals surface area contributed by atoms with Gasteiger partial charge in [-0.3, -0.25) is 4.72 Å². The molecule has 2 atom stereocenters. The van der Waals surface area contributed by atoms with Gasteiger partial charge in [0.25, 0.3) is 0 Å². The zero-order chi connectivity index (χ0) is 14.8. The highest BCUT2D eigenvalue weighted by Gasteiger charge is 2.25. The predicted molar refractivity (Wildman–Crippen MR) is 78.7 cm³/mol. The Morgan fingerprint density at radius 3 is 2.80 bits per heavy atom. The summed E-state index contributed by atoms with van der Waals surface area (Å²) in [5, 5.41) is 3.31. The Kier molecular flexibility index (Phi) is 4.49. The molecule has 0 aromatic heterocycles. The Labute approximate surface area is 118 Å². The van der Waals surface area contributed by atoms with Crippen molar-refractivity contribution in [1.82, 2.24) is 0 Å². The molecular weight excluding hydrogens is 281 g/mol. The average Bonchev–Trinajstić information content (AvgIpc) is 2.79. The van der Waals surface area contributed by atoms with Crippen LogP contribution in [-0.4, -0.2) is 27.3 Å². The topological polar surface area (TPSA) is 84.2 Å². The Morgan fingerprint density at radius 2 is 2.15 bits per heavy atom. The highest BCUT2D eigenvalue weighted by molar-refractivity contribution is 7.92. The van der Waals surface area contributed by atoms with E-state index < -0.39 is 15.8 Å². The Balaban J connectivity index is 2.15. The Morgan fingerprint density at radius 1 is 1.40 bits per heavy atom. The lowest BCUT2D eigenvalue weighted by Crippen LogP contribution is -2.29. The van der Waals surface area contributed by atoms with Gasteiger partial charge in [0.2, 0.25) is 10.0 Å². The third-order valence-corrected chi connectivity index (χ3v) is 4.17. The summed E-state index contributed by atoms with van der Waals surface area (Å²) in [6, 6.07) is 4.59. The number of hydrogen-bond donors (Lipinski definition) is 3. The smallest absolute Gasteiger partial charge is 0.229 e. The summed E-state index contributed by atoms with van der Waals surface area (Å²) >= 11 is 0. The molecule has 1 aromatic carbocycles. The van der Waals surface area contributed by atoms with E-state index in [0.717, 1.165) is 25.5 Å². The first-order chi connectivity index (χ1) is 9.39. The van der Waals surface area contributed by atoms with Crippen LogP contribution in [0.2, 0.25) is 0 Å². The SMILES string of the molecule is CS(=O)(=O)Nc1cc(NC2CCCC2CN)ccc1F. The molecule has 5 nitrogen and oxygen atoms in total. The molecule has 0 aliphatic heterocycles. The van der Waals surface area contributed by atoms with Crippen LogP contribution >= 0.6 is 0 Å². The number of benzene rings is 1. The molecule has 0 bridgehead atoms. The van der Waals surface area contributed by atoms with Crippen molar-refractivity contribution in [3.63, 3.8) is 0 Å². The molecule has 7 heteroatoms. The van der Waals surface area contributed by atoms with E-state index in [0.29, 0.717) is 18.2 Å². The highest BCUT2D eigenvalue weighted by atomic mass is 32.2. The summed E-state index contributed by atoms with van der Waals surface area (Å²) in [6.07, 6.45) is 4.22. The maximum absolute atomic E-state index is 13.6. The minimum absolute atomic E-state index is 0.0419. The second kappa shape index (κ2) is 5.97. The van der Waals surface area contributed by atoms with Crippen LogP contribution in [0.5, 0.6) is 0 Å². The number of hydrogen-bond acceptors (Lipinski definition) is 4. The highest BCUT2D eigenvalue weighted by Crippen LogP contribution is 2.29. The summed E-state index contributed by atoms with van der Waals surface area (Å²) in [4.78, 5) is 0. The molecule has 0 spiro atoms. The van der Waals surface area contributed by atoms with Gasteiger partial charge in [-0.15, -0.1) is 0 Å². The van der Waals surface area contributed by atoms with Crippen molar-refractivity contribution in [2.75, 3.05) is 22.8 Å². The van der Waals surface area contributed by atoms with Crippen LogP contribution in [0.25, 0.3) is 0 Å². The van der Waals surface area contributed by atoms with Gasteiger partial charge in [0.1, 0.15) is 5.82 Å². The van der Waals surface area contributed by atoms with E-state index in [1.807, 2.05) is 0 Å². The van der Waals surface area contributed by atoms with Crippen molar-refractivity contribution < 1.29 is 12.8 Å². The summed E-state index contributed by atoms with van der Waals surface area (Å²) in [5.74, 6) is -0.186. The van der Waals surface area contributed by atoms with Crippen LogP contribution in [0.4, 0.5) is 15.8 Å². The van der Waals surface area contributed by atoms with Crippen LogP contribution < -0.4 is 15.8 Å². The fourth-order valence-electron chi connectivity index (χ4n) is 2.62. The summed E-state index contributed by atoms with van der Waals surface area (Å²) in [6.45, 7) is 0.618. The van der Waals surface area contributed by atoms with Crippen LogP contribution in [-0.2, 0) is 10.0 Å². The summed E-state index contributed by atoms with van der Waals surface area (Å²) in [5.41, 5.74) is 6.38. The number of anilines is 2. The zero-order valence-electron chi connectivity index (χ0n) is 11.4. The van der Waals surface area contributed by atoms with E-state index in [9.17, 15) is 12.8 Å². The van der Waals surface area contributed by atoms with Crippen molar-refractivity contribution in [2.24, 2.45) is 11.7 Å². The monoisotopic (exact) mass is 301 g/mol. The zero-order valence-corrected chi connectivity index (χ0v) is 12.2. The summed E-state index contributed by atoms with van der Waals surface area (Å²) in [7, 11) is -3.50. The Bertz CT molecular complexity index is 577. The molecule has 4 N–H and O–H groups in total. The van der Waals surface area contributed by atoms with Gasteiger partial charge in [0, 0.05) is 11.7 Å². The lowest BCUT2D eigenvalue weighted by atomic mass is 10.0. The molecule has 20 heavy (non-hydrogen) atoms. The van der Waals surface area contributed by atoms with Gasteiger partial charge in [0.15, 0.2) is 0 Å². The fraction of sp³-hybridized carbons (Fsp3) is 0.538. The van der Waals surface area contributed by atoms with Crippen LogP contribution in [0.3, 0.4) is 0 Å². The van der Waals surface area contributed by atoms with E-state index in [1.54, 1.807) is 6.07 Å². The van der Waals surface area contributed by atoms with Crippen molar-refractivity contribution in [3.8, 4) is 0 Å². The maximum Gasteiger partial charge on any atom is 0.229 e. The Hall–Kier alpha value is -1.34. The maximum atomic E-state index is 13.6. The van der Waals surface area contributed by atoms with E-state index in [4.69, 9.17) is 5.73 Å². The number of halogens is 1. The van der Waals surface area contributed by atoms with Crippen molar-refractivity contribution >= 4 is 21.4 Å². The third kappa shape index (κ3) is 3.83. The average molecular weight is 301 g/mol. The quantitative estimate of drug-likeness (QED) is 0.773. The summed E-state index contributed by atoms with van der Waals surface area (Å²) < 4.78 is 38.1. The van der Waals surface area contributed by atoms with Gasteiger partial charge < -0.3 is 11.1 Å². The van der Waals surface area contributed by atoms with E-state index in [2.05, 4.69) is 10.0 Å². The molecule has 112 valence electrons. The third-order valence-electron chi connectivity index (χ3n) is 3.58. The molecule has 1 fully saturated rings. The molecule has 1 aliphatic carbocycles. The number of sulfonamides is 1. The van der Waals surface area contributed by atoms with Gasteiger partial charge in [-0.25, -0.2) is 12.8 Å². The number of rotatable bonds is 5. The largest absolute Gasteiger partial charge is 0.382 e. The lowest BCUT2D eigenvalue weighted by Gasteiger charge is -2.21. The van der Waals surface area contributed by atoms with Crippen molar-refractivity contribution in [2.45, 2.75) is 25.3 Å². The van der Waals surface area contributed by atoms with Crippen molar-refractivity contribution in [3.05, 3.63) is 24.0 Å². The molecule has 0 amide bonds. The van der Waals surface area contributed by atoms with E-state index >= 15 is 0 Å².